The number of amides is 1. The molecule has 1 heterocycles. The van der Waals surface area contributed by atoms with E-state index in [4.69, 9.17) is 12.2 Å². The van der Waals surface area contributed by atoms with Gasteiger partial charge in [-0.15, -0.1) is 0 Å². The standard InChI is InChI=1S/C9H15NOS2/c1-9(2,3)5-8(12)13-7-4-6(11)10-7/h7H,4-5H2,1-3H3,(H,10,11)/t7-/m1/s1. The first-order valence-corrected chi connectivity index (χ1v) is 5.64. The molecule has 0 aromatic heterocycles. The van der Waals surface area contributed by atoms with Gasteiger partial charge in [-0.05, 0) is 11.8 Å². The molecule has 1 fully saturated rings. The molecule has 0 radical (unpaired) electrons. The topological polar surface area (TPSA) is 29.1 Å². The Labute approximate surface area is 88.8 Å². The maximum Gasteiger partial charge on any atom is 0.223 e. The second-order valence-corrected chi connectivity index (χ2v) is 6.54. The molecule has 0 aromatic carbocycles. The highest BCUT2D eigenvalue weighted by atomic mass is 32.2. The molecular formula is C9H15NOS2. The fourth-order valence-corrected chi connectivity index (χ4v) is 3.07. The van der Waals surface area contributed by atoms with Crippen molar-refractivity contribution < 1.29 is 4.79 Å². The highest BCUT2D eigenvalue weighted by molar-refractivity contribution is 8.23. The SMILES string of the molecule is CC(C)(C)CC(=S)S[C@@H]1CC(=O)N1. The number of thiocarbonyl (C=S) groups is 1. The fraction of sp³-hybridized carbons (Fsp3) is 0.778. The Balaban J connectivity index is 2.22. The lowest BCUT2D eigenvalue weighted by atomic mass is 9.93. The van der Waals surface area contributed by atoms with Gasteiger partial charge < -0.3 is 5.32 Å². The first-order valence-electron chi connectivity index (χ1n) is 4.36. The molecule has 1 atom stereocenters. The summed E-state index contributed by atoms with van der Waals surface area (Å²) in [7, 11) is 0. The van der Waals surface area contributed by atoms with Crippen molar-refractivity contribution in [3.8, 4) is 0 Å². The summed E-state index contributed by atoms with van der Waals surface area (Å²) in [6.45, 7) is 6.50. The van der Waals surface area contributed by atoms with E-state index in [0.29, 0.717) is 6.42 Å². The van der Waals surface area contributed by atoms with Crippen molar-refractivity contribution in [3.63, 3.8) is 0 Å². The molecule has 0 saturated carbocycles. The van der Waals surface area contributed by atoms with Gasteiger partial charge in [0.2, 0.25) is 5.91 Å². The van der Waals surface area contributed by atoms with Crippen LogP contribution >= 0.6 is 24.0 Å². The third-order valence-corrected chi connectivity index (χ3v) is 3.05. The van der Waals surface area contributed by atoms with E-state index >= 15 is 0 Å². The Bertz CT molecular complexity index is 224. The van der Waals surface area contributed by atoms with Gasteiger partial charge in [-0.2, -0.15) is 0 Å². The molecular weight excluding hydrogens is 202 g/mol. The third-order valence-electron chi connectivity index (χ3n) is 1.64. The van der Waals surface area contributed by atoms with Crippen LogP contribution < -0.4 is 5.32 Å². The minimum absolute atomic E-state index is 0.135. The quantitative estimate of drug-likeness (QED) is 0.568. The highest BCUT2D eigenvalue weighted by Crippen LogP contribution is 2.28. The number of β-lactam (4-membered cyclic amide) rings is 1. The predicted octanol–water partition coefficient (Wildman–Crippen LogP) is 2.33. The lowest BCUT2D eigenvalue weighted by Crippen LogP contribution is -2.46. The number of hydrogen-bond donors (Lipinski definition) is 1. The van der Waals surface area contributed by atoms with Crippen LogP contribution in [-0.2, 0) is 4.79 Å². The predicted molar refractivity (Wildman–Crippen MR) is 60.8 cm³/mol. The zero-order chi connectivity index (χ0) is 10.1. The van der Waals surface area contributed by atoms with Gasteiger partial charge in [0.25, 0.3) is 0 Å². The van der Waals surface area contributed by atoms with Crippen molar-refractivity contribution in [2.75, 3.05) is 0 Å². The number of carbonyl (C=O) groups is 1. The Morgan fingerprint density at radius 2 is 2.23 bits per heavy atom. The van der Waals surface area contributed by atoms with Crippen LogP contribution in [0, 0.1) is 5.41 Å². The second kappa shape index (κ2) is 3.96. The summed E-state index contributed by atoms with van der Waals surface area (Å²) >= 11 is 6.85. The van der Waals surface area contributed by atoms with Crippen LogP contribution in [0.1, 0.15) is 33.6 Å². The van der Waals surface area contributed by atoms with Gasteiger partial charge in [0.1, 0.15) is 0 Å². The van der Waals surface area contributed by atoms with Gasteiger partial charge >= 0.3 is 0 Å². The molecule has 13 heavy (non-hydrogen) atoms. The minimum atomic E-state index is 0.135. The van der Waals surface area contributed by atoms with E-state index in [1.807, 2.05) is 0 Å². The van der Waals surface area contributed by atoms with Crippen LogP contribution in [0.4, 0.5) is 0 Å². The van der Waals surface area contributed by atoms with Crippen LogP contribution in [0.15, 0.2) is 0 Å². The van der Waals surface area contributed by atoms with E-state index in [1.165, 1.54) is 0 Å². The molecule has 1 aliphatic heterocycles. The first-order chi connectivity index (χ1) is 5.87. The maximum atomic E-state index is 10.6. The average molecular weight is 217 g/mol. The van der Waals surface area contributed by atoms with Crippen LogP contribution in [0.3, 0.4) is 0 Å². The van der Waals surface area contributed by atoms with E-state index in [0.717, 1.165) is 10.6 Å². The summed E-state index contributed by atoms with van der Waals surface area (Å²) in [6, 6.07) is 0. The number of carbonyl (C=O) groups excluding carboxylic acids is 1. The van der Waals surface area contributed by atoms with E-state index in [2.05, 4.69) is 26.1 Å². The summed E-state index contributed by atoms with van der Waals surface area (Å²) in [5.41, 5.74) is 0.248. The minimum Gasteiger partial charge on any atom is -0.343 e. The molecule has 1 N–H and O–H groups in total. The van der Waals surface area contributed by atoms with E-state index in [-0.39, 0.29) is 16.7 Å². The number of thioether (sulfide) groups is 1. The van der Waals surface area contributed by atoms with Crippen molar-refractivity contribution in [1.29, 1.82) is 0 Å². The Hall–Kier alpha value is -0.0900. The summed E-state index contributed by atoms with van der Waals surface area (Å²) in [5.74, 6) is 0.135. The summed E-state index contributed by atoms with van der Waals surface area (Å²) in [5, 5.41) is 3.03. The number of rotatable bonds is 2. The van der Waals surface area contributed by atoms with Gasteiger partial charge in [-0.25, -0.2) is 0 Å². The summed E-state index contributed by atoms with van der Waals surface area (Å²) in [6.07, 6.45) is 1.55. The van der Waals surface area contributed by atoms with Crippen molar-refractivity contribution in [2.45, 2.75) is 39.0 Å². The molecule has 1 amide bonds. The van der Waals surface area contributed by atoms with Crippen LogP contribution in [-0.4, -0.2) is 15.5 Å². The molecule has 1 rings (SSSR count). The van der Waals surface area contributed by atoms with Crippen molar-refractivity contribution in [1.82, 2.24) is 5.32 Å². The molecule has 0 aromatic rings. The van der Waals surface area contributed by atoms with E-state index in [1.54, 1.807) is 11.8 Å². The summed E-state index contributed by atoms with van der Waals surface area (Å²) in [4.78, 5) is 10.6. The Morgan fingerprint density at radius 3 is 2.62 bits per heavy atom. The number of nitrogens with one attached hydrogen (secondary N) is 1. The molecule has 1 aliphatic rings. The molecule has 74 valence electrons. The molecule has 0 aliphatic carbocycles. The van der Waals surface area contributed by atoms with Crippen molar-refractivity contribution in [3.05, 3.63) is 0 Å². The maximum absolute atomic E-state index is 10.6. The molecule has 1 saturated heterocycles. The zero-order valence-corrected chi connectivity index (χ0v) is 9.85. The van der Waals surface area contributed by atoms with Crippen molar-refractivity contribution in [2.24, 2.45) is 5.41 Å². The molecule has 0 bridgehead atoms. The third kappa shape index (κ3) is 4.09. The van der Waals surface area contributed by atoms with Gasteiger partial charge in [0.15, 0.2) is 0 Å². The van der Waals surface area contributed by atoms with Gasteiger partial charge in [0, 0.05) is 0 Å². The zero-order valence-electron chi connectivity index (χ0n) is 8.22. The lowest BCUT2D eigenvalue weighted by Gasteiger charge is -2.27. The fourth-order valence-electron chi connectivity index (χ4n) is 1.03. The normalized spacial score (nSPS) is 22.1. The monoisotopic (exact) mass is 217 g/mol. The lowest BCUT2D eigenvalue weighted by molar-refractivity contribution is -0.126. The van der Waals surface area contributed by atoms with E-state index < -0.39 is 0 Å². The van der Waals surface area contributed by atoms with Crippen LogP contribution in [0.5, 0.6) is 0 Å². The Morgan fingerprint density at radius 1 is 1.69 bits per heavy atom. The highest BCUT2D eigenvalue weighted by Gasteiger charge is 2.27. The smallest absolute Gasteiger partial charge is 0.223 e. The van der Waals surface area contributed by atoms with Crippen molar-refractivity contribution >= 4 is 34.1 Å². The molecule has 2 nitrogen and oxygen atoms in total. The largest absolute Gasteiger partial charge is 0.343 e. The first kappa shape index (κ1) is 11.0. The molecule has 0 unspecified atom stereocenters. The molecule has 4 heteroatoms. The van der Waals surface area contributed by atoms with Crippen LogP contribution in [0.25, 0.3) is 0 Å². The molecule has 0 spiro atoms. The van der Waals surface area contributed by atoms with Gasteiger partial charge in [0.05, 0.1) is 16.0 Å². The van der Waals surface area contributed by atoms with Gasteiger partial charge in [-0.1, -0.05) is 44.8 Å². The number of hydrogen-bond acceptors (Lipinski definition) is 3. The summed E-state index contributed by atoms with van der Waals surface area (Å²) < 4.78 is 0.998. The second-order valence-electron chi connectivity index (χ2n) is 4.49. The Kier molecular flexibility index (Phi) is 3.35. The van der Waals surface area contributed by atoms with Crippen LogP contribution in [0.2, 0.25) is 0 Å². The average Bonchev–Trinajstić information content (AvgIpc) is 1.79. The van der Waals surface area contributed by atoms with E-state index in [9.17, 15) is 4.79 Å². The van der Waals surface area contributed by atoms with Gasteiger partial charge in [-0.3, -0.25) is 4.79 Å².